The molecule has 0 bridgehead atoms. The largest absolute Gasteiger partial charge is 0.317 e. The molecule has 1 N–H and O–H groups in total. The van der Waals surface area contributed by atoms with E-state index in [4.69, 9.17) is 0 Å². The second kappa shape index (κ2) is 5.31. The third-order valence-corrected chi connectivity index (χ3v) is 4.47. The lowest BCUT2D eigenvalue weighted by Crippen LogP contribution is -2.42. The Hall–Kier alpha value is -0.0800. The van der Waals surface area contributed by atoms with Crippen molar-refractivity contribution in [2.75, 3.05) is 20.1 Å². The maximum absolute atomic E-state index is 3.46. The smallest absolute Gasteiger partial charge is 0.0110 e. The fraction of sp³-hybridized carbons (Fsp3) is 1.00. The molecule has 3 unspecified atom stereocenters. The summed E-state index contributed by atoms with van der Waals surface area (Å²) in [5.74, 6) is 0.986. The summed E-state index contributed by atoms with van der Waals surface area (Å²) in [5, 5.41) is 3.46. The Morgan fingerprint density at radius 2 is 2.13 bits per heavy atom. The molecular weight excluding hydrogens is 184 g/mol. The van der Waals surface area contributed by atoms with Gasteiger partial charge in [0.25, 0.3) is 0 Å². The number of hydrogen-bond donors (Lipinski definition) is 1. The monoisotopic (exact) mass is 210 g/mol. The number of nitrogens with zero attached hydrogens (tertiary/aromatic N) is 1. The van der Waals surface area contributed by atoms with Gasteiger partial charge in [-0.25, -0.2) is 0 Å². The molecule has 0 aromatic carbocycles. The molecule has 1 aliphatic carbocycles. The molecule has 0 radical (unpaired) electrons. The average molecular weight is 210 g/mol. The average Bonchev–Trinajstić information content (AvgIpc) is 2.78. The maximum atomic E-state index is 3.46. The molecule has 2 rings (SSSR count). The van der Waals surface area contributed by atoms with Crippen molar-refractivity contribution in [1.29, 1.82) is 0 Å². The second-order valence-corrected chi connectivity index (χ2v) is 5.36. The molecule has 3 atom stereocenters. The van der Waals surface area contributed by atoms with Crippen LogP contribution in [0.1, 0.15) is 45.4 Å². The molecule has 2 aliphatic rings. The van der Waals surface area contributed by atoms with Crippen LogP contribution in [-0.2, 0) is 0 Å². The van der Waals surface area contributed by atoms with Crippen LogP contribution in [0, 0.1) is 5.92 Å². The lowest BCUT2D eigenvalue weighted by atomic mass is 9.90. The summed E-state index contributed by atoms with van der Waals surface area (Å²) < 4.78 is 0. The molecule has 0 aromatic heterocycles. The Labute approximate surface area is 94.4 Å². The van der Waals surface area contributed by atoms with E-state index in [1.54, 1.807) is 0 Å². The maximum Gasteiger partial charge on any atom is 0.0110 e. The highest BCUT2D eigenvalue weighted by molar-refractivity contribution is 4.87. The summed E-state index contributed by atoms with van der Waals surface area (Å²) in [6.07, 6.45) is 8.44. The highest BCUT2D eigenvalue weighted by atomic mass is 15.2. The Morgan fingerprint density at radius 1 is 1.27 bits per heavy atom. The highest BCUT2D eigenvalue weighted by Crippen LogP contribution is 2.28. The number of hydrogen-bond acceptors (Lipinski definition) is 2. The van der Waals surface area contributed by atoms with E-state index in [-0.39, 0.29) is 0 Å². The molecule has 1 saturated carbocycles. The van der Waals surface area contributed by atoms with E-state index in [1.807, 2.05) is 0 Å². The van der Waals surface area contributed by atoms with Crippen LogP contribution in [0.2, 0.25) is 0 Å². The zero-order valence-electron chi connectivity index (χ0n) is 10.3. The van der Waals surface area contributed by atoms with Crippen molar-refractivity contribution in [3.8, 4) is 0 Å². The van der Waals surface area contributed by atoms with E-state index in [2.05, 4.69) is 24.2 Å². The molecular formula is C13H26N2. The van der Waals surface area contributed by atoms with Crippen LogP contribution in [0.25, 0.3) is 0 Å². The van der Waals surface area contributed by atoms with Crippen LogP contribution < -0.4 is 5.32 Å². The summed E-state index contributed by atoms with van der Waals surface area (Å²) >= 11 is 0. The van der Waals surface area contributed by atoms with Crippen LogP contribution in [0.15, 0.2) is 0 Å². The second-order valence-electron chi connectivity index (χ2n) is 5.36. The van der Waals surface area contributed by atoms with Crippen molar-refractivity contribution in [2.45, 2.75) is 57.5 Å². The van der Waals surface area contributed by atoms with Gasteiger partial charge in [0.05, 0.1) is 0 Å². The van der Waals surface area contributed by atoms with Crippen molar-refractivity contribution in [3.63, 3.8) is 0 Å². The normalized spacial score (nSPS) is 38.4. The minimum atomic E-state index is 0.782. The first-order chi connectivity index (χ1) is 7.33. The Bertz CT molecular complexity index is 193. The summed E-state index contributed by atoms with van der Waals surface area (Å²) in [7, 11) is 2.12. The molecule has 0 amide bonds. The van der Waals surface area contributed by atoms with Crippen molar-refractivity contribution < 1.29 is 0 Å². The quantitative estimate of drug-likeness (QED) is 0.768. The first kappa shape index (κ1) is 11.4. The van der Waals surface area contributed by atoms with Gasteiger partial charge in [0, 0.05) is 18.6 Å². The molecule has 15 heavy (non-hydrogen) atoms. The SMILES string of the molecule is CCC1CCN(C2CCCC(NC)C2)C1. The molecule has 0 aromatic rings. The van der Waals surface area contributed by atoms with Gasteiger partial charge in [0.1, 0.15) is 0 Å². The molecule has 2 heteroatoms. The van der Waals surface area contributed by atoms with Crippen molar-refractivity contribution >= 4 is 0 Å². The minimum absolute atomic E-state index is 0.782. The van der Waals surface area contributed by atoms with Gasteiger partial charge in [-0.2, -0.15) is 0 Å². The van der Waals surface area contributed by atoms with Crippen molar-refractivity contribution in [2.24, 2.45) is 5.92 Å². The summed E-state index contributed by atoms with van der Waals surface area (Å²) in [6.45, 7) is 5.07. The molecule has 1 saturated heterocycles. The molecule has 2 nitrogen and oxygen atoms in total. The van der Waals surface area contributed by atoms with E-state index in [0.717, 1.165) is 18.0 Å². The first-order valence-corrected chi connectivity index (χ1v) is 6.74. The third kappa shape index (κ3) is 2.73. The van der Waals surface area contributed by atoms with E-state index in [9.17, 15) is 0 Å². The van der Waals surface area contributed by atoms with Gasteiger partial charge in [0.15, 0.2) is 0 Å². The highest BCUT2D eigenvalue weighted by Gasteiger charge is 2.30. The fourth-order valence-electron chi connectivity index (χ4n) is 3.29. The minimum Gasteiger partial charge on any atom is -0.317 e. The predicted molar refractivity (Wildman–Crippen MR) is 65.1 cm³/mol. The fourth-order valence-corrected chi connectivity index (χ4v) is 3.29. The lowest BCUT2D eigenvalue weighted by molar-refractivity contribution is 0.166. The van der Waals surface area contributed by atoms with Gasteiger partial charge < -0.3 is 10.2 Å². The third-order valence-electron chi connectivity index (χ3n) is 4.47. The van der Waals surface area contributed by atoms with Crippen molar-refractivity contribution in [1.82, 2.24) is 10.2 Å². The summed E-state index contributed by atoms with van der Waals surface area (Å²) in [6, 6.07) is 1.66. The Balaban J connectivity index is 1.83. The summed E-state index contributed by atoms with van der Waals surface area (Å²) in [4.78, 5) is 2.76. The van der Waals surface area contributed by atoms with E-state index < -0.39 is 0 Å². The topological polar surface area (TPSA) is 15.3 Å². The van der Waals surface area contributed by atoms with Crippen LogP contribution in [0.3, 0.4) is 0 Å². The molecule has 1 aliphatic heterocycles. The molecule has 2 fully saturated rings. The number of nitrogens with one attached hydrogen (secondary N) is 1. The van der Waals surface area contributed by atoms with Crippen LogP contribution in [-0.4, -0.2) is 37.1 Å². The molecule has 88 valence electrons. The van der Waals surface area contributed by atoms with Crippen LogP contribution >= 0.6 is 0 Å². The standard InChI is InChI=1S/C13H26N2/c1-3-11-7-8-15(10-11)13-6-4-5-12(9-13)14-2/h11-14H,3-10H2,1-2H3. The Kier molecular flexibility index (Phi) is 4.04. The van der Waals surface area contributed by atoms with Crippen molar-refractivity contribution in [3.05, 3.63) is 0 Å². The number of rotatable bonds is 3. The Morgan fingerprint density at radius 3 is 2.80 bits per heavy atom. The van der Waals surface area contributed by atoms with Gasteiger partial charge in [-0.05, 0) is 45.2 Å². The van der Waals surface area contributed by atoms with E-state index in [1.165, 1.54) is 51.6 Å². The zero-order chi connectivity index (χ0) is 10.7. The van der Waals surface area contributed by atoms with Crippen LogP contribution in [0.4, 0.5) is 0 Å². The zero-order valence-corrected chi connectivity index (χ0v) is 10.3. The van der Waals surface area contributed by atoms with Crippen LogP contribution in [0.5, 0.6) is 0 Å². The first-order valence-electron chi connectivity index (χ1n) is 6.74. The van der Waals surface area contributed by atoms with Gasteiger partial charge in [-0.15, -0.1) is 0 Å². The number of likely N-dealkylation sites (tertiary alicyclic amines) is 1. The van der Waals surface area contributed by atoms with Gasteiger partial charge in [0.2, 0.25) is 0 Å². The van der Waals surface area contributed by atoms with E-state index in [0.29, 0.717) is 0 Å². The predicted octanol–water partition coefficient (Wildman–Crippen LogP) is 2.25. The van der Waals surface area contributed by atoms with Gasteiger partial charge >= 0.3 is 0 Å². The molecule has 0 spiro atoms. The lowest BCUT2D eigenvalue weighted by Gasteiger charge is -2.35. The van der Waals surface area contributed by atoms with Gasteiger partial charge in [-0.1, -0.05) is 19.8 Å². The molecule has 1 heterocycles. The summed E-state index contributed by atoms with van der Waals surface area (Å²) in [5.41, 5.74) is 0. The van der Waals surface area contributed by atoms with E-state index >= 15 is 0 Å². The van der Waals surface area contributed by atoms with Gasteiger partial charge in [-0.3, -0.25) is 0 Å².